The molecule has 124 valence electrons. The molecule has 1 N–H and O–H groups in total. The van der Waals surface area contributed by atoms with Crippen molar-refractivity contribution in [2.75, 3.05) is 5.32 Å². The largest absolute Gasteiger partial charge is 0.330 e. The molecule has 0 unspecified atom stereocenters. The lowest BCUT2D eigenvalue weighted by Gasteiger charge is -2.14. The van der Waals surface area contributed by atoms with E-state index < -0.39 is 0 Å². The van der Waals surface area contributed by atoms with Crippen LogP contribution in [0.2, 0.25) is 0 Å². The number of amides is 1. The molecule has 1 amide bonds. The van der Waals surface area contributed by atoms with E-state index in [1.807, 2.05) is 0 Å². The normalized spacial score (nSPS) is 13.7. The summed E-state index contributed by atoms with van der Waals surface area (Å²) in [6.45, 7) is 1.50. The molecule has 0 spiro atoms. The summed E-state index contributed by atoms with van der Waals surface area (Å²) in [6, 6.07) is 0. The number of hydrogen-bond donors (Lipinski definition) is 1. The molecule has 24 heavy (non-hydrogen) atoms. The van der Waals surface area contributed by atoms with Crippen LogP contribution in [0.25, 0.3) is 0 Å². The second kappa shape index (κ2) is 5.91. The van der Waals surface area contributed by atoms with Crippen molar-refractivity contribution < 1.29 is 4.79 Å². The number of aromatic nitrogens is 7. The molecule has 0 radical (unpaired) electrons. The Morgan fingerprint density at radius 2 is 2.21 bits per heavy atom. The number of nitrogens with zero attached hydrogens (tertiary/aromatic N) is 7. The zero-order valence-corrected chi connectivity index (χ0v) is 13.4. The summed E-state index contributed by atoms with van der Waals surface area (Å²) in [7, 11) is 1.78. The van der Waals surface area contributed by atoms with E-state index in [0.29, 0.717) is 17.9 Å². The van der Waals surface area contributed by atoms with Crippen LogP contribution in [0.3, 0.4) is 0 Å². The minimum atomic E-state index is -0.214. The second-order valence-corrected chi connectivity index (χ2v) is 5.91. The van der Waals surface area contributed by atoms with Gasteiger partial charge in [0.05, 0.1) is 24.4 Å². The van der Waals surface area contributed by atoms with E-state index in [9.17, 15) is 4.79 Å². The molecule has 0 saturated carbocycles. The van der Waals surface area contributed by atoms with Crippen LogP contribution in [0.4, 0.5) is 5.69 Å². The predicted molar refractivity (Wildman–Crippen MR) is 85.5 cm³/mol. The molecule has 1 aliphatic heterocycles. The second-order valence-electron chi connectivity index (χ2n) is 5.91. The maximum absolute atomic E-state index is 12.2. The van der Waals surface area contributed by atoms with Crippen LogP contribution < -0.4 is 5.32 Å². The van der Waals surface area contributed by atoms with Crippen molar-refractivity contribution in [3.63, 3.8) is 0 Å². The third-order valence-electron chi connectivity index (χ3n) is 4.18. The Labute approximate surface area is 138 Å². The molecule has 0 aliphatic carbocycles. The van der Waals surface area contributed by atoms with Crippen LogP contribution in [-0.4, -0.2) is 40.0 Å². The van der Waals surface area contributed by atoms with Crippen molar-refractivity contribution in [1.82, 2.24) is 34.1 Å². The smallest absolute Gasteiger partial charge is 0.274 e. The van der Waals surface area contributed by atoms with Crippen LogP contribution in [0.15, 0.2) is 24.9 Å². The van der Waals surface area contributed by atoms with Gasteiger partial charge in [0.2, 0.25) is 0 Å². The van der Waals surface area contributed by atoms with Crippen molar-refractivity contribution in [2.24, 2.45) is 7.05 Å². The molecule has 3 aromatic rings. The molecule has 0 atom stereocenters. The van der Waals surface area contributed by atoms with Crippen molar-refractivity contribution in [3.05, 3.63) is 42.3 Å². The fourth-order valence-electron chi connectivity index (χ4n) is 2.92. The summed E-state index contributed by atoms with van der Waals surface area (Å²) in [5, 5.41) is 15.6. The molecule has 0 fully saturated rings. The van der Waals surface area contributed by atoms with Crippen LogP contribution in [0.5, 0.6) is 0 Å². The van der Waals surface area contributed by atoms with Gasteiger partial charge in [-0.2, -0.15) is 5.10 Å². The average molecular weight is 326 g/mol. The van der Waals surface area contributed by atoms with E-state index in [4.69, 9.17) is 0 Å². The zero-order chi connectivity index (χ0) is 16.5. The molecule has 9 heteroatoms. The lowest BCUT2D eigenvalue weighted by Crippen LogP contribution is -2.16. The Hall–Kier alpha value is -2.97. The summed E-state index contributed by atoms with van der Waals surface area (Å²) in [6.07, 6.45) is 9.85. The van der Waals surface area contributed by atoms with E-state index in [1.165, 1.54) is 12.6 Å². The standard InChI is InChI=1S/C15H18N8O/c1-21-10-16-7-12(21)15(24)18-11-6-17-22(8-11)9-14-20-19-13-4-2-3-5-23(13)14/h6-8,10H,2-5,9H2,1H3,(H,18,24). The number of aryl methyl sites for hydroxylation is 2. The van der Waals surface area contributed by atoms with Gasteiger partial charge in [0.15, 0.2) is 5.82 Å². The number of rotatable bonds is 4. The topological polar surface area (TPSA) is 95.5 Å². The summed E-state index contributed by atoms with van der Waals surface area (Å²) >= 11 is 0. The zero-order valence-electron chi connectivity index (χ0n) is 13.4. The molecular weight excluding hydrogens is 308 g/mol. The van der Waals surface area contributed by atoms with Gasteiger partial charge in [-0.15, -0.1) is 10.2 Å². The fourth-order valence-corrected chi connectivity index (χ4v) is 2.92. The minimum Gasteiger partial charge on any atom is -0.330 e. The highest BCUT2D eigenvalue weighted by molar-refractivity contribution is 6.02. The number of hydrogen-bond acceptors (Lipinski definition) is 5. The van der Waals surface area contributed by atoms with Gasteiger partial charge < -0.3 is 14.5 Å². The van der Waals surface area contributed by atoms with Crippen molar-refractivity contribution in [2.45, 2.75) is 32.4 Å². The maximum Gasteiger partial charge on any atom is 0.274 e. The van der Waals surface area contributed by atoms with Gasteiger partial charge in [0.25, 0.3) is 5.91 Å². The van der Waals surface area contributed by atoms with Gasteiger partial charge in [0, 0.05) is 26.2 Å². The molecule has 4 heterocycles. The quantitative estimate of drug-likeness (QED) is 0.767. The fraction of sp³-hybridized carbons (Fsp3) is 0.400. The highest BCUT2D eigenvalue weighted by atomic mass is 16.2. The third kappa shape index (κ3) is 2.68. The van der Waals surface area contributed by atoms with Gasteiger partial charge in [-0.1, -0.05) is 0 Å². The van der Waals surface area contributed by atoms with E-state index in [2.05, 4.69) is 30.2 Å². The van der Waals surface area contributed by atoms with Crippen LogP contribution in [0.1, 0.15) is 35.0 Å². The highest BCUT2D eigenvalue weighted by Gasteiger charge is 2.16. The molecular formula is C15H18N8O. The number of carbonyl (C=O) groups excluding carboxylic acids is 1. The summed E-state index contributed by atoms with van der Waals surface area (Å²) < 4.78 is 5.59. The molecule has 1 aliphatic rings. The number of carbonyl (C=O) groups is 1. The van der Waals surface area contributed by atoms with E-state index >= 15 is 0 Å². The molecule has 0 aromatic carbocycles. The third-order valence-corrected chi connectivity index (χ3v) is 4.18. The first kappa shape index (κ1) is 14.6. The van der Waals surface area contributed by atoms with Gasteiger partial charge >= 0.3 is 0 Å². The molecule has 9 nitrogen and oxygen atoms in total. The van der Waals surface area contributed by atoms with Crippen molar-refractivity contribution in [1.29, 1.82) is 0 Å². The van der Waals surface area contributed by atoms with Crippen LogP contribution >= 0.6 is 0 Å². The Morgan fingerprint density at radius 3 is 3.04 bits per heavy atom. The highest BCUT2D eigenvalue weighted by Crippen LogP contribution is 2.15. The Bertz CT molecular complexity index is 874. The van der Waals surface area contributed by atoms with Crippen molar-refractivity contribution >= 4 is 11.6 Å². The summed E-state index contributed by atoms with van der Waals surface area (Å²) in [4.78, 5) is 16.1. The number of anilines is 1. The molecule has 0 saturated heterocycles. The first-order valence-electron chi connectivity index (χ1n) is 7.92. The van der Waals surface area contributed by atoms with E-state index in [0.717, 1.165) is 31.0 Å². The first-order chi connectivity index (χ1) is 11.7. The van der Waals surface area contributed by atoms with Crippen LogP contribution in [-0.2, 0) is 26.6 Å². The lowest BCUT2D eigenvalue weighted by atomic mass is 10.2. The molecule has 4 rings (SSSR count). The Morgan fingerprint density at radius 1 is 1.29 bits per heavy atom. The van der Waals surface area contributed by atoms with E-state index in [-0.39, 0.29) is 5.91 Å². The monoisotopic (exact) mass is 326 g/mol. The summed E-state index contributed by atoms with van der Waals surface area (Å²) in [5.74, 6) is 1.74. The SMILES string of the molecule is Cn1cncc1C(=O)Nc1cnn(Cc2nnc3n2CCCC3)c1. The minimum absolute atomic E-state index is 0.214. The summed E-state index contributed by atoms with van der Waals surface area (Å²) in [5.41, 5.74) is 1.13. The van der Waals surface area contributed by atoms with Crippen LogP contribution in [0, 0.1) is 0 Å². The number of fused-ring (bicyclic) bond motifs is 1. The predicted octanol–water partition coefficient (Wildman–Crippen LogP) is 0.845. The van der Waals surface area contributed by atoms with Gasteiger partial charge in [-0.3, -0.25) is 9.48 Å². The Balaban J connectivity index is 1.46. The van der Waals surface area contributed by atoms with Gasteiger partial charge in [0.1, 0.15) is 18.1 Å². The number of nitrogens with one attached hydrogen (secondary N) is 1. The van der Waals surface area contributed by atoms with E-state index in [1.54, 1.807) is 35.0 Å². The Kier molecular flexibility index (Phi) is 3.60. The first-order valence-corrected chi connectivity index (χ1v) is 7.92. The van der Waals surface area contributed by atoms with Gasteiger partial charge in [-0.05, 0) is 12.8 Å². The van der Waals surface area contributed by atoms with Gasteiger partial charge in [-0.25, -0.2) is 4.98 Å². The molecule has 3 aromatic heterocycles. The lowest BCUT2D eigenvalue weighted by molar-refractivity contribution is 0.101. The maximum atomic E-state index is 12.2. The molecule has 0 bridgehead atoms. The number of imidazole rings is 1. The average Bonchev–Trinajstić information content (AvgIpc) is 3.29. The van der Waals surface area contributed by atoms with Crippen molar-refractivity contribution in [3.8, 4) is 0 Å².